The van der Waals surface area contributed by atoms with Gasteiger partial charge in [0.1, 0.15) is 5.01 Å². The van der Waals surface area contributed by atoms with Crippen LogP contribution in [0.2, 0.25) is 0 Å². The second kappa shape index (κ2) is 6.52. The molecule has 0 saturated carbocycles. The Balaban J connectivity index is 2.21. The molecule has 20 heavy (non-hydrogen) atoms. The average Bonchev–Trinajstić information content (AvgIpc) is 2.96. The highest BCUT2D eigenvalue weighted by Crippen LogP contribution is 2.36. The summed E-state index contributed by atoms with van der Waals surface area (Å²) in [6.07, 6.45) is 1.13. The molecule has 1 aromatic rings. The monoisotopic (exact) mass is 297 g/mol. The molecule has 4 nitrogen and oxygen atoms in total. The highest BCUT2D eigenvalue weighted by molar-refractivity contribution is 7.11. The van der Waals surface area contributed by atoms with Crippen LogP contribution in [0.4, 0.5) is 0 Å². The zero-order chi connectivity index (χ0) is 14.8. The number of nitrogens with one attached hydrogen (secondary N) is 1. The lowest BCUT2D eigenvalue weighted by Gasteiger charge is -2.30. The maximum Gasteiger partial charge on any atom is 0.115 e. The van der Waals surface area contributed by atoms with Crippen molar-refractivity contribution in [3.63, 3.8) is 0 Å². The first-order valence-corrected chi connectivity index (χ1v) is 8.22. The highest BCUT2D eigenvalue weighted by Gasteiger charge is 2.42. The third-order valence-corrected chi connectivity index (χ3v) is 5.51. The maximum atomic E-state index is 5.19. The molecule has 2 rings (SSSR count). The summed E-state index contributed by atoms with van der Waals surface area (Å²) in [7, 11) is 1.75. The van der Waals surface area contributed by atoms with Crippen molar-refractivity contribution in [3.05, 3.63) is 15.6 Å². The Morgan fingerprint density at radius 1 is 1.45 bits per heavy atom. The van der Waals surface area contributed by atoms with Crippen LogP contribution in [0.3, 0.4) is 0 Å². The third kappa shape index (κ3) is 3.22. The van der Waals surface area contributed by atoms with Crippen LogP contribution in [-0.2, 0) is 10.3 Å². The van der Waals surface area contributed by atoms with Crippen molar-refractivity contribution in [1.29, 1.82) is 0 Å². The Bertz CT molecular complexity index is 427. The number of hydrogen-bond acceptors (Lipinski definition) is 5. The molecule has 1 aliphatic heterocycles. The minimum absolute atomic E-state index is 0.00644. The largest absolute Gasteiger partial charge is 0.383 e. The molecule has 1 aliphatic rings. The molecule has 1 N–H and O–H groups in total. The van der Waals surface area contributed by atoms with Crippen molar-refractivity contribution >= 4 is 11.3 Å². The molecule has 5 heteroatoms. The van der Waals surface area contributed by atoms with E-state index in [0.717, 1.165) is 32.7 Å². The Labute approximate surface area is 126 Å². The molecule has 0 aromatic carbocycles. The molecule has 1 saturated heterocycles. The Morgan fingerprint density at radius 2 is 2.20 bits per heavy atom. The van der Waals surface area contributed by atoms with E-state index in [0.29, 0.717) is 6.04 Å². The van der Waals surface area contributed by atoms with Crippen LogP contribution in [0.5, 0.6) is 0 Å². The summed E-state index contributed by atoms with van der Waals surface area (Å²) in [6, 6.07) is 0.586. The Kier molecular flexibility index (Phi) is 5.18. The van der Waals surface area contributed by atoms with Gasteiger partial charge in [0.2, 0.25) is 0 Å². The van der Waals surface area contributed by atoms with Crippen molar-refractivity contribution in [1.82, 2.24) is 15.2 Å². The second-order valence-corrected chi connectivity index (χ2v) is 7.18. The van der Waals surface area contributed by atoms with Crippen LogP contribution in [-0.4, -0.2) is 49.3 Å². The summed E-state index contributed by atoms with van der Waals surface area (Å²) < 4.78 is 5.19. The van der Waals surface area contributed by atoms with Gasteiger partial charge in [-0.15, -0.1) is 11.3 Å². The van der Waals surface area contributed by atoms with Crippen LogP contribution in [0.25, 0.3) is 0 Å². The fraction of sp³-hybridized carbons (Fsp3) is 0.800. The van der Waals surface area contributed by atoms with E-state index in [1.807, 2.05) is 11.3 Å². The molecule has 0 bridgehead atoms. The van der Waals surface area contributed by atoms with Crippen LogP contribution in [0, 0.1) is 13.8 Å². The van der Waals surface area contributed by atoms with E-state index in [4.69, 9.17) is 9.72 Å². The zero-order valence-electron chi connectivity index (χ0n) is 13.3. The van der Waals surface area contributed by atoms with E-state index < -0.39 is 0 Å². The molecule has 2 heterocycles. The number of ether oxygens (including phenoxy) is 1. The lowest BCUT2D eigenvalue weighted by Crippen LogP contribution is -2.46. The summed E-state index contributed by atoms with van der Waals surface area (Å²) in [6.45, 7) is 12.6. The van der Waals surface area contributed by atoms with E-state index in [-0.39, 0.29) is 5.54 Å². The molecular weight excluding hydrogens is 270 g/mol. The van der Waals surface area contributed by atoms with Gasteiger partial charge in [0, 0.05) is 37.7 Å². The van der Waals surface area contributed by atoms with Crippen LogP contribution >= 0.6 is 11.3 Å². The number of methoxy groups -OCH3 is 1. The fourth-order valence-electron chi connectivity index (χ4n) is 2.74. The van der Waals surface area contributed by atoms with E-state index in [2.05, 4.69) is 37.9 Å². The summed E-state index contributed by atoms with van der Waals surface area (Å²) >= 11 is 1.84. The first kappa shape index (κ1) is 15.9. The van der Waals surface area contributed by atoms with E-state index in [9.17, 15) is 0 Å². The SMILES string of the molecule is COCCNC1(c2nc(C)c(C)s2)CCN(C(C)C)C1. The highest BCUT2D eigenvalue weighted by atomic mass is 32.1. The van der Waals surface area contributed by atoms with Crippen LogP contribution in [0.15, 0.2) is 0 Å². The number of aromatic nitrogens is 1. The quantitative estimate of drug-likeness (QED) is 0.818. The molecule has 1 atom stereocenters. The smallest absolute Gasteiger partial charge is 0.115 e. The topological polar surface area (TPSA) is 37.4 Å². The van der Waals surface area contributed by atoms with Gasteiger partial charge in [0.15, 0.2) is 0 Å². The van der Waals surface area contributed by atoms with Gasteiger partial charge >= 0.3 is 0 Å². The Hall–Kier alpha value is -0.490. The standard InChI is InChI=1S/C15H27N3OS/c1-11(2)18-8-6-15(10-18,16-7-9-19-5)14-17-12(3)13(4)20-14/h11,16H,6-10H2,1-5H3. The lowest BCUT2D eigenvalue weighted by atomic mass is 9.99. The average molecular weight is 297 g/mol. The number of hydrogen-bond donors (Lipinski definition) is 1. The number of rotatable bonds is 6. The van der Waals surface area contributed by atoms with Crippen LogP contribution in [0.1, 0.15) is 35.8 Å². The Morgan fingerprint density at radius 3 is 2.70 bits per heavy atom. The number of likely N-dealkylation sites (tertiary alicyclic amines) is 1. The zero-order valence-corrected chi connectivity index (χ0v) is 14.1. The predicted molar refractivity (Wildman–Crippen MR) is 84.5 cm³/mol. The summed E-state index contributed by atoms with van der Waals surface area (Å²) in [4.78, 5) is 8.69. The summed E-state index contributed by atoms with van der Waals surface area (Å²) in [5.74, 6) is 0. The maximum absolute atomic E-state index is 5.19. The van der Waals surface area contributed by atoms with Crippen molar-refractivity contribution in [2.45, 2.75) is 45.7 Å². The number of thiazole rings is 1. The minimum Gasteiger partial charge on any atom is -0.383 e. The second-order valence-electron chi connectivity index (χ2n) is 5.98. The molecule has 1 unspecified atom stereocenters. The van der Waals surface area contributed by atoms with Crippen molar-refractivity contribution in [3.8, 4) is 0 Å². The van der Waals surface area contributed by atoms with Crippen molar-refractivity contribution in [2.75, 3.05) is 33.4 Å². The minimum atomic E-state index is 0.00644. The van der Waals surface area contributed by atoms with Gasteiger partial charge < -0.3 is 10.1 Å². The van der Waals surface area contributed by atoms with Crippen molar-refractivity contribution < 1.29 is 4.74 Å². The molecule has 0 amide bonds. The van der Waals surface area contributed by atoms with Gasteiger partial charge in [0.05, 0.1) is 17.8 Å². The summed E-state index contributed by atoms with van der Waals surface area (Å²) in [5.41, 5.74) is 1.17. The molecule has 0 aliphatic carbocycles. The van der Waals surface area contributed by atoms with Crippen molar-refractivity contribution in [2.24, 2.45) is 0 Å². The van der Waals surface area contributed by atoms with Gasteiger partial charge in [-0.2, -0.15) is 0 Å². The van der Waals surface area contributed by atoms with Gasteiger partial charge in [0.25, 0.3) is 0 Å². The molecular formula is C15H27N3OS. The first-order chi connectivity index (χ1) is 9.48. The molecule has 1 fully saturated rings. The normalized spacial score (nSPS) is 23.9. The van der Waals surface area contributed by atoms with Gasteiger partial charge in [-0.25, -0.2) is 4.98 Å². The van der Waals surface area contributed by atoms with E-state index >= 15 is 0 Å². The molecule has 1 aromatic heterocycles. The number of aryl methyl sites for hydroxylation is 2. The summed E-state index contributed by atoms with van der Waals surface area (Å²) in [5, 5.41) is 4.96. The lowest BCUT2D eigenvalue weighted by molar-refractivity contribution is 0.179. The first-order valence-electron chi connectivity index (χ1n) is 7.41. The molecule has 0 spiro atoms. The molecule has 0 radical (unpaired) electrons. The van der Waals surface area contributed by atoms with Crippen LogP contribution < -0.4 is 5.32 Å². The van der Waals surface area contributed by atoms with Gasteiger partial charge in [-0.3, -0.25) is 4.90 Å². The van der Waals surface area contributed by atoms with Gasteiger partial charge in [-0.1, -0.05) is 0 Å². The molecule has 114 valence electrons. The van der Waals surface area contributed by atoms with E-state index in [1.54, 1.807) is 7.11 Å². The van der Waals surface area contributed by atoms with Gasteiger partial charge in [-0.05, 0) is 34.1 Å². The third-order valence-electron chi connectivity index (χ3n) is 4.24. The van der Waals surface area contributed by atoms with E-state index in [1.165, 1.54) is 15.6 Å². The number of nitrogens with zero attached hydrogens (tertiary/aromatic N) is 2. The predicted octanol–water partition coefficient (Wildman–Crippen LogP) is 2.31. The fourth-order valence-corrected chi connectivity index (χ4v) is 3.84.